The Morgan fingerprint density at radius 1 is 1.35 bits per heavy atom. The molecule has 1 unspecified atom stereocenters. The fourth-order valence-electron chi connectivity index (χ4n) is 3.39. The van der Waals surface area contributed by atoms with Crippen LogP contribution < -0.4 is 5.32 Å². The normalized spacial score (nSPS) is 16.5. The number of carbonyl (C=O) groups is 2. The van der Waals surface area contributed by atoms with Crippen molar-refractivity contribution in [2.75, 3.05) is 11.9 Å². The van der Waals surface area contributed by atoms with Crippen molar-refractivity contribution in [1.82, 2.24) is 14.7 Å². The first-order valence-corrected chi connectivity index (χ1v) is 8.33. The molecule has 0 bridgehead atoms. The summed E-state index contributed by atoms with van der Waals surface area (Å²) < 4.78 is 27.3. The average Bonchev–Trinajstić information content (AvgIpc) is 2.95. The summed E-state index contributed by atoms with van der Waals surface area (Å²) in [5.41, 5.74) is 1.54. The van der Waals surface area contributed by atoms with E-state index in [1.807, 2.05) is 24.3 Å². The van der Waals surface area contributed by atoms with Gasteiger partial charge in [0.15, 0.2) is 5.69 Å². The molecule has 1 N–H and O–H groups in total. The molecule has 6 nitrogen and oxygen atoms in total. The van der Waals surface area contributed by atoms with E-state index in [1.165, 1.54) is 24.9 Å². The Morgan fingerprint density at radius 2 is 2.08 bits per heavy atom. The number of aromatic nitrogens is 2. The highest BCUT2D eigenvalue weighted by Crippen LogP contribution is 2.33. The molecule has 2 aromatic rings. The number of hydrogen-bond acceptors (Lipinski definition) is 3. The van der Waals surface area contributed by atoms with Crippen molar-refractivity contribution in [3.8, 4) is 0 Å². The highest BCUT2D eigenvalue weighted by Gasteiger charge is 2.31. The molecular weight excluding hydrogens is 342 g/mol. The Labute approximate surface area is 149 Å². The van der Waals surface area contributed by atoms with E-state index in [2.05, 4.69) is 10.4 Å². The maximum absolute atomic E-state index is 13.0. The first kappa shape index (κ1) is 18.0. The van der Waals surface area contributed by atoms with Gasteiger partial charge in [0.2, 0.25) is 11.8 Å². The number of amides is 2. The molecule has 1 atom stereocenters. The fourth-order valence-corrected chi connectivity index (χ4v) is 3.39. The van der Waals surface area contributed by atoms with Crippen molar-refractivity contribution in [1.29, 1.82) is 0 Å². The molecule has 0 radical (unpaired) electrons. The zero-order valence-electron chi connectivity index (χ0n) is 14.6. The number of halogens is 2. The van der Waals surface area contributed by atoms with Gasteiger partial charge in [0.25, 0.3) is 6.43 Å². The van der Waals surface area contributed by atoms with Crippen LogP contribution in [0.15, 0.2) is 30.5 Å². The summed E-state index contributed by atoms with van der Waals surface area (Å²) in [6, 6.07) is 7.25. The number of anilines is 1. The van der Waals surface area contributed by atoms with E-state index in [0.717, 1.165) is 17.5 Å². The second kappa shape index (κ2) is 7.23. The number of nitrogens with one attached hydrogen (secondary N) is 1. The smallest absolute Gasteiger partial charge is 0.284 e. The summed E-state index contributed by atoms with van der Waals surface area (Å²) in [5.74, 6) is -0.556. The molecule has 138 valence electrons. The molecule has 0 spiro atoms. The fraction of sp³-hybridized carbons (Fsp3) is 0.389. The van der Waals surface area contributed by atoms with Crippen LogP contribution in [0.5, 0.6) is 0 Å². The van der Waals surface area contributed by atoms with Crippen LogP contribution >= 0.6 is 0 Å². The van der Waals surface area contributed by atoms with Crippen LogP contribution in [0.25, 0.3) is 0 Å². The van der Waals surface area contributed by atoms with Crippen molar-refractivity contribution in [3.63, 3.8) is 0 Å². The van der Waals surface area contributed by atoms with E-state index < -0.39 is 24.1 Å². The minimum atomic E-state index is -2.78. The lowest BCUT2D eigenvalue weighted by atomic mass is 9.90. The monoisotopic (exact) mass is 362 g/mol. The van der Waals surface area contributed by atoms with Crippen LogP contribution in [-0.2, 0) is 23.1 Å². The lowest BCUT2D eigenvalue weighted by Gasteiger charge is -2.36. The lowest BCUT2D eigenvalue weighted by Crippen LogP contribution is -2.40. The molecule has 1 aromatic carbocycles. The molecule has 3 rings (SSSR count). The van der Waals surface area contributed by atoms with Gasteiger partial charge in [-0.2, -0.15) is 5.10 Å². The standard InChI is InChI=1S/C18H20F2N4O2/c1-11(25)24-8-7-12-5-3-4-6-13(12)15(24)9-16(26)21-14-10-23(2)22-17(14)18(19)20/h3-6,10,15,18H,7-9H2,1-2H3,(H,21,26). The highest BCUT2D eigenvalue weighted by molar-refractivity contribution is 5.92. The lowest BCUT2D eigenvalue weighted by molar-refractivity contribution is -0.132. The largest absolute Gasteiger partial charge is 0.335 e. The summed E-state index contributed by atoms with van der Waals surface area (Å²) in [7, 11) is 1.51. The second-order valence-electron chi connectivity index (χ2n) is 6.33. The highest BCUT2D eigenvalue weighted by atomic mass is 19.3. The molecule has 0 fully saturated rings. The van der Waals surface area contributed by atoms with Gasteiger partial charge < -0.3 is 10.2 Å². The van der Waals surface area contributed by atoms with Crippen molar-refractivity contribution >= 4 is 17.5 Å². The molecule has 26 heavy (non-hydrogen) atoms. The Balaban J connectivity index is 1.82. The number of alkyl halides is 2. The summed E-state index contributed by atoms with van der Waals surface area (Å²) in [4.78, 5) is 26.2. The maximum atomic E-state index is 13.0. The van der Waals surface area contributed by atoms with Gasteiger partial charge in [0.1, 0.15) is 0 Å². The number of benzene rings is 1. The Morgan fingerprint density at radius 3 is 2.77 bits per heavy atom. The molecule has 0 aliphatic carbocycles. The number of hydrogen-bond donors (Lipinski definition) is 1. The third kappa shape index (κ3) is 3.58. The topological polar surface area (TPSA) is 67.2 Å². The SMILES string of the molecule is CC(=O)N1CCc2ccccc2C1CC(=O)Nc1cn(C)nc1C(F)F. The van der Waals surface area contributed by atoms with E-state index >= 15 is 0 Å². The van der Waals surface area contributed by atoms with Gasteiger partial charge in [-0.1, -0.05) is 24.3 Å². The van der Waals surface area contributed by atoms with Crippen LogP contribution in [0.1, 0.15) is 42.6 Å². The molecule has 1 aliphatic rings. The molecule has 1 aromatic heterocycles. The first-order valence-electron chi connectivity index (χ1n) is 8.33. The van der Waals surface area contributed by atoms with Crippen molar-refractivity contribution in [2.24, 2.45) is 7.05 Å². The number of nitrogens with zero attached hydrogens (tertiary/aromatic N) is 3. The molecule has 2 amide bonds. The van der Waals surface area contributed by atoms with Crippen molar-refractivity contribution in [2.45, 2.75) is 32.2 Å². The van der Waals surface area contributed by atoms with Gasteiger partial charge >= 0.3 is 0 Å². The summed E-state index contributed by atoms with van der Waals surface area (Å²) in [5, 5.41) is 6.19. The van der Waals surface area contributed by atoms with Gasteiger partial charge in [0.05, 0.1) is 18.2 Å². The first-order chi connectivity index (χ1) is 12.4. The predicted octanol–water partition coefficient (Wildman–Crippen LogP) is 2.83. The molecular formula is C18H20F2N4O2. The minimum absolute atomic E-state index is 0.00579. The van der Waals surface area contributed by atoms with Crippen LogP contribution in [0, 0.1) is 0 Å². The van der Waals surface area contributed by atoms with Crippen LogP contribution in [-0.4, -0.2) is 33.0 Å². The Bertz CT molecular complexity index is 834. The van der Waals surface area contributed by atoms with Gasteiger partial charge in [-0.15, -0.1) is 0 Å². The quantitative estimate of drug-likeness (QED) is 0.909. The summed E-state index contributed by atoms with van der Waals surface area (Å²) in [6.45, 7) is 1.99. The molecule has 0 saturated carbocycles. The Hall–Kier alpha value is -2.77. The molecule has 2 heterocycles. The van der Waals surface area contributed by atoms with Crippen LogP contribution in [0.4, 0.5) is 14.5 Å². The van der Waals surface area contributed by atoms with Gasteiger partial charge in [0, 0.05) is 26.7 Å². The summed E-state index contributed by atoms with van der Waals surface area (Å²) in [6.07, 6.45) is -0.715. The van der Waals surface area contributed by atoms with Gasteiger partial charge in [-0.25, -0.2) is 8.78 Å². The van der Waals surface area contributed by atoms with E-state index in [1.54, 1.807) is 4.90 Å². The third-order valence-electron chi connectivity index (χ3n) is 4.53. The van der Waals surface area contributed by atoms with E-state index in [-0.39, 0.29) is 18.0 Å². The number of aryl methyl sites for hydroxylation is 1. The number of carbonyl (C=O) groups excluding carboxylic acids is 2. The van der Waals surface area contributed by atoms with Crippen LogP contribution in [0.2, 0.25) is 0 Å². The molecule has 1 aliphatic heterocycles. The zero-order valence-corrected chi connectivity index (χ0v) is 14.6. The van der Waals surface area contributed by atoms with Gasteiger partial charge in [-0.3, -0.25) is 14.3 Å². The number of fused-ring (bicyclic) bond motifs is 1. The predicted molar refractivity (Wildman–Crippen MR) is 91.7 cm³/mol. The van der Waals surface area contributed by atoms with Crippen LogP contribution in [0.3, 0.4) is 0 Å². The van der Waals surface area contributed by atoms with E-state index in [0.29, 0.717) is 6.54 Å². The zero-order chi connectivity index (χ0) is 18.8. The van der Waals surface area contributed by atoms with Crippen molar-refractivity contribution in [3.05, 3.63) is 47.3 Å². The molecule has 8 heteroatoms. The second-order valence-corrected chi connectivity index (χ2v) is 6.33. The van der Waals surface area contributed by atoms with E-state index in [4.69, 9.17) is 0 Å². The maximum Gasteiger partial charge on any atom is 0.284 e. The third-order valence-corrected chi connectivity index (χ3v) is 4.53. The van der Waals surface area contributed by atoms with Gasteiger partial charge in [-0.05, 0) is 17.5 Å². The average molecular weight is 362 g/mol. The minimum Gasteiger partial charge on any atom is -0.335 e. The van der Waals surface area contributed by atoms with Crippen molar-refractivity contribution < 1.29 is 18.4 Å². The molecule has 0 saturated heterocycles. The Kier molecular flexibility index (Phi) is 5.01. The van der Waals surface area contributed by atoms with E-state index in [9.17, 15) is 18.4 Å². The summed E-state index contributed by atoms with van der Waals surface area (Å²) >= 11 is 0. The number of rotatable bonds is 4.